The second-order valence-electron chi connectivity index (χ2n) is 4.52. The van der Waals surface area contributed by atoms with Crippen LogP contribution in [0.15, 0.2) is 30.3 Å². The Morgan fingerprint density at radius 1 is 1.33 bits per heavy atom. The lowest BCUT2D eigenvalue weighted by molar-refractivity contribution is 0.198. The van der Waals surface area contributed by atoms with E-state index in [0.29, 0.717) is 18.1 Å². The zero-order valence-electron chi connectivity index (χ0n) is 9.56. The van der Waals surface area contributed by atoms with Crippen LogP contribution >= 0.6 is 0 Å². The van der Waals surface area contributed by atoms with Gasteiger partial charge in [-0.25, -0.2) is 0 Å². The summed E-state index contributed by atoms with van der Waals surface area (Å²) >= 11 is 0. The Morgan fingerprint density at radius 3 is 2.53 bits per heavy atom. The average molecular weight is 204 g/mol. The fraction of sp³-hybridized carbons (Fsp3) is 0.538. The molecule has 15 heavy (non-hydrogen) atoms. The highest BCUT2D eigenvalue weighted by Gasteiger charge is 2.31. The molecule has 0 bridgehead atoms. The first-order chi connectivity index (χ1) is 7.20. The summed E-state index contributed by atoms with van der Waals surface area (Å²) in [4.78, 5) is 2.50. The van der Waals surface area contributed by atoms with Crippen LogP contribution in [0.25, 0.3) is 0 Å². The number of benzene rings is 1. The van der Waals surface area contributed by atoms with E-state index >= 15 is 0 Å². The first-order valence-corrected chi connectivity index (χ1v) is 5.76. The quantitative estimate of drug-likeness (QED) is 0.800. The van der Waals surface area contributed by atoms with Crippen LogP contribution in [0.3, 0.4) is 0 Å². The molecule has 1 saturated heterocycles. The molecular formula is C13H20N2. The molecule has 2 unspecified atom stereocenters. The minimum Gasteiger partial charge on any atom is -0.326 e. The van der Waals surface area contributed by atoms with Crippen molar-refractivity contribution in [1.82, 2.24) is 4.90 Å². The average Bonchev–Trinajstić information content (AvgIpc) is 2.60. The highest BCUT2D eigenvalue weighted by molar-refractivity contribution is 5.19. The second-order valence-corrected chi connectivity index (χ2v) is 4.52. The second kappa shape index (κ2) is 4.33. The molecule has 1 heterocycles. The molecule has 0 amide bonds. The van der Waals surface area contributed by atoms with E-state index < -0.39 is 0 Å². The number of hydrogen-bond acceptors (Lipinski definition) is 2. The van der Waals surface area contributed by atoms with Crippen LogP contribution in [0.5, 0.6) is 0 Å². The molecule has 1 aliphatic rings. The van der Waals surface area contributed by atoms with Crippen LogP contribution in [0.2, 0.25) is 0 Å². The van der Waals surface area contributed by atoms with Gasteiger partial charge in [0.1, 0.15) is 0 Å². The largest absolute Gasteiger partial charge is 0.326 e. The summed E-state index contributed by atoms with van der Waals surface area (Å²) in [6.07, 6.45) is 1.12. The van der Waals surface area contributed by atoms with E-state index in [-0.39, 0.29) is 0 Å². The van der Waals surface area contributed by atoms with Crippen LogP contribution < -0.4 is 5.73 Å². The molecular weight excluding hydrogens is 184 g/mol. The van der Waals surface area contributed by atoms with Gasteiger partial charge >= 0.3 is 0 Å². The highest BCUT2D eigenvalue weighted by Crippen LogP contribution is 2.27. The van der Waals surface area contributed by atoms with E-state index in [4.69, 9.17) is 5.73 Å². The molecule has 1 fully saturated rings. The Balaban J connectivity index is 2.12. The Hall–Kier alpha value is -0.860. The SMILES string of the molecule is CC1C(N)CCN1[C@@H](C)c1ccccc1. The molecule has 0 aliphatic carbocycles. The zero-order chi connectivity index (χ0) is 10.8. The van der Waals surface area contributed by atoms with Gasteiger partial charge in [0.2, 0.25) is 0 Å². The maximum absolute atomic E-state index is 6.04. The molecule has 2 heteroatoms. The van der Waals surface area contributed by atoms with Gasteiger partial charge in [-0.15, -0.1) is 0 Å². The van der Waals surface area contributed by atoms with Crippen LogP contribution in [-0.2, 0) is 0 Å². The van der Waals surface area contributed by atoms with Crippen molar-refractivity contribution in [3.05, 3.63) is 35.9 Å². The third-order valence-corrected chi connectivity index (χ3v) is 3.64. The van der Waals surface area contributed by atoms with Crippen LogP contribution in [0, 0.1) is 0 Å². The smallest absolute Gasteiger partial charge is 0.0323 e. The van der Waals surface area contributed by atoms with Gasteiger partial charge < -0.3 is 5.73 Å². The minimum atomic E-state index is 0.344. The van der Waals surface area contributed by atoms with Gasteiger partial charge in [-0.1, -0.05) is 30.3 Å². The first kappa shape index (κ1) is 10.7. The van der Waals surface area contributed by atoms with E-state index in [1.807, 2.05) is 0 Å². The number of rotatable bonds is 2. The molecule has 3 atom stereocenters. The predicted molar refractivity (Wildman–Crippen MR) is 63.6 cm³/mol. The Kier molecular flexibility index (Phi) is 3.08. The van der Waals surface area contributed by atoms with E-state index in [0.717, 1.165) is 13.0 Å². The fourth-order valence-corrected chi connectivity index (χ4v) is 2.46. The Bertz CT molecular complexity index is 310. The summed E-state index contributed by atoms with van der Waals surface area (Å²) in [5, 5.41) is 0. The van der Waals surface area contributed by atoms with Crippen molar-refractivity contribution in [3.63, 3.8) is 0 Å². The lowest BCUT2D eigenvalue weighted by Gasteiger charge is -2.29. The third kappa shape index (κ3) is 2.06. The summed E-state index contributed by atoms with van der Waals surface area (Å²) in [6.45, 7) is 5.62. The predicted octanol–water partition coefficient (Wildman–Crippen LogP) is 2.17. The van der Waals surface area contributed by atoms with Crippen LogP contribution in [0.1, 0.15) is 31.9 Å². The molecule has 2 nitrogen and oxygen atoms in total. The minimum absolute atomic E-state index is 0.344. The molecule has 2 N–H and O–H groups in total. The van der Waals surface area contributed by atoms with Crippen molar-refractivity contribution >= 4 is 0 Å². The van der Waals surface area contributed by atoms with Crippen molar-refractivity contribution in [2.24, 2.45) is 5.73 Å². The summed E-state index contributed by atoms with van der Waals surface area (Å²) in [6, 6.07) is 12.0. The monoisotopic (exact) mass is 204 g/mol. The van der Waals surface area contributed by atoms with Gasteiger partial charge in [-0.05, 0) is 25.8 Å². The molecule has 1 aromatic carbocycles. The van der Waals surface area contributed by atoms with Gasteiger partial charge in [0.05, 0.1) is 0 Å². The summed E-state index contributed by atoms with van der Waals surface area (Å²) in [7, 11) is 0. The van der Waals surface area contributed by atoms with Crippen molar-refractivity contribution in [2.45, 2.75) is 38.4 Å². The molecule has 0 aromatic heterocycles. The van der Waals surface area contributed by atoms with Gasteiger partial charge in [-0.2, -0.15) is 0 Å². The summed E-state index contributed by atoms with van der Waals surface area (Å²) < 4.78 is 0. The van der Waals surface area contributed by atoms with Gasteiger partial charge in [0, 0.05) is 24.7 Å². The number of likely N-dealkylation sites (tertiary alicyclic amines) is 1. The maximum Gasteiger partial charge on any atom is 0.0323 e. The molecule has 2 rings (SSSR count). The fourth-order valence-electron chi connectivity index (χ4n) is 2.46. The molecule has 0 spiro atoms. The topological polar surface area (TPSA) is 29.3 Å². The normalized spacial score (nSPS) is 29.3. The van der Waals surface area contributed by atoms with E-state index in [9.17, 15) is 0 Å². The standard InChI is InChI=1S/C13H20N2/c1-10(12-6-4-3-5-7-12)15-9-8-13(14)11(15)2/h3-7,10-11,13H,8-9,14H2,1-2H3/t10-,11?,13?/m0/s1. The Labute approximate surface area is 92.1 Å². The highest BCUT2D eigenvalue weighted by atomic mass is 15.2. The lowest BCUT2D eigenvalue weighted by Crippen LogP contribution is -2.38. The van der Waals surface area contributed by atoms with Crippen molar-refractivity contribution < 1.29 is 0 Å². The van der Waals surface area contributed by atoms with E-state index in [1.54, 1.807) is 0 Å². The van der Waals surface area contributed by atoms with E-state index in [1.165, 1.54) is 5.56 Å². The van der Waals surface area contributed by atoms with E-state index in [2.05, 4.69) is 49.1 Å². The lowest BCUT2D eigenvalue weighted by atomic mass is 10.1. The van der Waals surface area contributed by atoms with Gasteiger partial charge in [0.25, 0.3) is 0 Å². The van der Waals surface area contributed by atoms with Gasteiger partial charge in [0.15, 0.2) is 0 Å². The summed E-state index contributed by atoms with van der Waals surface area (Å²) in [5.74, 6) is 0. The molecule has 1 aromatic rings. The zero-order valence-corrected chi connectivity index (χ0v) is 9.56. The van der Waals surface area contributed by atoms with Crippen LogP contribution in [-0.4, -0.2) is 23.5 Å². The molecule has 0 saturated carbocycles. The molecule has 0 radical (unpaired) electrons. The van der Waals surface area contributed by atoms with Crippen molar-refractivity contribution in [2.75, 3.05) is 6.54 Å². The van der Waals surface area contributed by atoms with Crippen LogP contribution in [0.4, 0.5) is 0 Å². The number of hydrogen-bond donors (Lipinski definition) is 1. The first-order valence-electron chi connectivity index (χ1n) is 5.76. The molecule has 1 aliphatic heterocycles. The number of nitrogens with zero attached hydrogens (tertiary/aromatic N) is 1. The van der Waals surface area contributed by atoms with Gasteiger partial charge in [-0.3, -0.25) is 4.90 Å². The maximum atomic E-state index is 6.04. The van der Waals surface area contributed by atoms with Crippen molar-refractivity contribution in [1.29, 1.82) is 0 Å². The Morgan fingerprint density at radius 2 is 2.00 bits per heavy atom. The van der Waals surface area contributed by atoms with Crippen molar-refractivity contribution in [3.8, 4) is 0 Å². The summed E-state index contributed by atoms with van der Waals surface area (Å²) in [5.41, 5.74) is 7.43. The molecule has 82 valence electrons. The third-order valence-electron chi connectivity index (χ3n) is 3.64. The number of nitrogens with two attached hydrogens (primary N) is 1.